The highest BCUT2D eigenvalue weighted by Gasteiger charge is 2.19. The van der Waals surface area contributed by atoms with Crippen LogP contribution in [0.2, 0.25) is 0 Å². The van der Waals surface area contributed by atoms with E-state index in [2.05, 4.69) is 10.1 Å². The first kappa shape index (κ1) is 17.0. The van der Waals surface area contributed by atoms with Gasteiger partial charge in [-0.15, -0.1) is 0 Å². The number of hydrogen-bond acceptors (Lipinski definition) is 6. The summed E-state index contributed by atoms with van der Waals surface area (Å²) in [4.78, 5) is 29.4. The molecule has 0 aliphatic carbocycles. The highest BCUT2D eigenvalue weighted by molar-refractivity contribution is 5.94. The first-order valence-corrected chi connectivity index (χ1v) is 8.54. The molecule has 0 spiro atoms. The van der Waals surface area contributed by atoms with E-state index in [1.165, 1.54) is 0 Å². The van der Waals surface area contributed by atoms with Crippen molar-refractivity contribution in [3.8, 4) is 0 Å². The van der Waals surface area contributed by atoms with Crippen LogP contribution in [0.15, 0.2) is 57.8 Å². The van der Waals surface area contributed by atoms with E-state index < -0.39 is 12.1 Å². The van der Waals surface area contributed by atoms with Crippen molar-refractivity contribution >= 4 is 27.8 Å². The molecule has 4 aromatic rings. The largest absolute Gasteiger partial charge is 0.451 e. The highest BCUT2D eigenvalue weighted by atomic mass is 16.6. The molecule has 1 atom stereocenters. The standard InChI is InChI=1S/C20H17N3O4/c1-12(20-21-13(2)22-27-20)26-18(24)11-23-16-9-5-3-7-14(16)19(25)15-8-4-6-10-17(15)23/h3-10,12H,11H2,1-2H3. The predicted molar refractivity (Wildman–Crippen MR) is 99.3 cm³/mol. The summed E-state index contributed by atoms with van der Waals surface area (Å²) >= 11 is 0. The zero-order valence-electron chi connectivity index (χ0n) is 14.9. The Bertz CT molecular complexity index is 1150. The lowest BCUT2D eigenvalue weighted by molar-refractivity contribution is -0.150. The van der Waals surface area contributed by atoms with E-state index in [1.54, 1.807) is 42.7 Å². The van der Waals surface area contributed by atoms with E-state index in [9.17, 15) is 9.59 Å². The van der Waals surface area contributed by atoms with Gasteiger partial charge in [-0.3, -0.25) is 9.59 Å². The Hall–Kier alpha value is -3.48. The van der Waals surface area contributed by atoms with Gasteiger partial charge in [0.05, 0.1) is 11.0 Å². The van der Waals surface area contributed by atoms with Crippen molar-refractivity contribution in [2.45, 2.75) is 26.5 Å². The van der Waals surface area contributed by atoms with Crippen molar-refractivity contribution in [2.75, 3.05) is 0 Å². The molecule has 0 radical (unpaired) electrons. The normalized spacial score (nSPS) is 12.4. The van der Waals surface area contributed by atoms with Crippen molar-refractivity contribution in [3.05, 3.63) is 70.5 Å². The molecule has 7 nitrogen and oxygen atoms in total. The van der Waals surface area contributed by atoms with Gasteiger partial charge in [0, 0.05) is 10.8 Å². The van der Waals surface area contributed by atoms with Gasteiger partial charge in [0.1, 0.15) is 6.54 Å². The second-order valence-corrected chi connectivity index (χ2v) is 6.26. The molecular formula is C20H17N3O4. The van der Waals surface area contributed by atoms with Crippen LogP contribution in [0.4, 0.5) is 0 Å². The smallest absolute Gasteiger partial charge is 0.326 e. The van der Waals surface area contributed by atoms with E-state index in [1.807, 2.05) is 24.3 Å². The number of nitrogens with zero attached hydrogens (tertiary/aromatic N) is 3. The van der Waals surface area contributed by atoms with Crippen molar-refractivity contribution < 1.29 is 14.1 Å². The number of para-hydroxylation sites is 2. The maximum atomic E-state index is 12.7. The summed E-state index contributed by atoms with van der Waals surface area (Å²) < 4.78 is 12.3. The summed E-state index contributed by atoms with van der Waals surface area (Å²) in [5.74, 6) is 0.262. The van der Waals surface area contributed by atoms with Crippen LogP contribution in [0.3, 0.4) is 0 Å². The van der Waals surface area contributed by atoms with Gasteiger partial charge >= 0.3 is 5.97 Å². The van der Waals surface area contributed by atoms with E-state index in [0.717, 1.165) is 0 Å². The number of fused-ring (bicyclic) bond motifs is 2. The zero-order chi connectivity index (χ0) is 19.0. The lowest BCUT2D eigenvalue weighted by Gasteiger charge is -2.15. The molecule has 2 heterocycles. The Morgan fingerprint density at radius 1 is 1.11 bits per heavy atom. The number of esters is 1. The number of carbonyl (C=O) groups is 1. The average Bonchev–Trinajstić information content (AvgIpc) is 3.12. The number of benzene rings is 2. The van der Waals surface area contributed by atoms with Crippen LogP contribution >= 0.6 is 0 Å². The molecule has 0 saturated heterocycles. The fraction of sp³-hybridized carbons (Fsp3) is 0.200. The Kier molecular flexibility index (Phi) is 4.19. The van der Waals surface area contributed by atoms with E-state index in [0.29, 0.717) is 27.6 Å². The van der Waals surface area contributed by atoms with Crippen LogP contribution in [0.1, 0.15) is 24.7 Å². The van der Waals surface area contributed by atoms with E-state index in [-0.39, 0.29) is 17.9 Å². The van der Waals surface area contributed by atoms with Crippen LogP contribution in [-0.4, -0.2) is 20.7 Å². The van der Waals surface area contributed by atoms with Gasteiger partial charge in [-0.05, 0) is 38.1 Å². The van der Waals surface area contributed by atoms with Gasteiger partial charge in [0.2, 0.25) is 0 Å². The van der Waals surface area contributed by atoms with Gasteiger partial charge in [-0.2, -0.15) is 4.98 Å². The van der Waals surface area contributed by atoms with Crippen LogP contribution < -0.4 is 5.43 Å². The Balaban J connectivity index is 1.73. The molecule has 2 aromatic heterocycles. The molecule has 136 valence electrons. The first-order valence-electron chi connectivity index (χ1n) is 8.54. The van der Waals surface area contributed by atoms with Crippen LogP contribution in [0.25, 0.3) is 21.8 Å². The zero-order valence-corrected chi connectivity index (χ0v) is 14.9. The first-order chi connectivity index (χ1) is 13.0. The third kappa shape index (κ3) is 3.08. The molecule has 27 heavy (non-hydrogen) atoms. The number of rotatable bonds is 4. The third-order valence-corrected chi connectivity index (χ3v) is 4.37. The maximum Gasteiger partial charge on any atom is 0.326 e. The topological polar surface area (TPSA) is 87.2 Å². The number of hydrogen-bond donors (Lipinski definition) is 0. The van der Waals surface area contributed by atoms with Gasteiger partial charge in [0.15, 0.2) is 17.4 Å². The number of aromatic nitrogens is 3. The number of carbonyl (C=O) groups excluding carboxylic acids is 1. The van der Waals surface area contributed by atoms with E-state index in [4.69, 9.17) is 9.26 Å². The van der Waals surface area contributed by atoms with Crippen LogP contribution in [0, 0.1) is 6.92 Å². The van der Waals surface area contributed by atoms with Crippen LogP contribution in [0.5, 0.6) is 0 Å². The fourth-order valence-corrected chi connectivity index (χ4v) is 3.14. The minimum Gasteiger partial charge on any atom is -0.451 e. The monoisotopic (exact) mass is 363 g/mol. The summed E-state index contributed by atoms with van der Waals surface area (Å²) in [7, 11) is 0. The molecule has 0 aliphatic heterocycles. The quantitative estimate of drug-likeness (QED) is 0.409. The van der Waals surface area contributed by atoms with Crippen LogP contribution in [-0.2, 0) is 16.1 Å². The second kappa shape index (κ2) is 6.68. The minimum atomic E-state index is -0.657. The molecule has 7 heteroatoms. The van der Waals surface area contributed by atoms with Crippen molar-refractivity contribution in [3.63, 3.8) is 0 Å². The fourth-order valence-electron chi connectivity index (χ4n) is 3.14. The summed E-state index contributed by atoms with van der Waals surface area (Å²) in [6, 6.07) is 14.4. The molecule has 0 aliphatic rings. The second-order valence-electron chi connectivity index (χ2n) is 6.26. The number of aryl methyl sites for hydroxylation is 1. The molecule has 0 N–H and O–H groups in total. The molecule has 0 saturated carbocycles. The summed E-state index contributed by atoms with van der Waals surface area (Å²) in [5, 5.41) is 4.82. The van der Waals surface area contributed by atoms with Crippen molar-refractivity contribution in [1.29, 1.82) is 0 Å². The number of pyridine rings is 1. The Labute approximate surface area is 154 Å². The predicted octanol–water partition coefficient (Wildman–Crippen LogP) is 3.15. The third-order valence-electron chi connectivity index (χ3n) is 4.37. The lowest BCUT2D eigenvalue weighted by Crippen LogP contribution is -2.19. The van der Waals surface area contributed by atoms with Crippen molar-refractivity contribution in [2.24, 2.45) is 0 Å². The van der Waals surface area contributed by atoms with Gasteiger partial charge in [-0.1, -0.05) is 29.4 Å². The van der Waals surface area contributed by atoms with Gasteiger partial charge in [0.25, 0.3) is 5.89 Å². The van der Waals surface area contributed by atoms with Gasteiger partial charge in [-0.25, -0.2) is 0 Å². The lowest BCUT2D eigenvalue weighted by atomic mass is 10.1. The van der Waals surface area contributed by atoms with E-state index >= 15 is 0 Å². The maximum absolute atomic E-state index is 12.7. The molecule has 0 fully saturated rings. The highest BCUT2D eigenvalue weighted by Crippen LogP contribution is 2.20. The Morgan fingerprint density at radius 3 is 2.26 bits per heavy atom. The summed E-state index contributed by atoms with van der Waals surface area (Å²) in [6.07, 6.45) is -0.657. The Morgan fingerprint density at radius 2 is 1.70 bits per heavy atom. The van der Waals surface area contributed by atoms with Gasteiger partial charge < -0.3 is 13.8 Å². The minimum absolute atomic E-state index is 0.0429. The SMILES string of the molecule is Cc1noc(C(C)OC(=O)Cn2c3ccccc3c(=O)c3ccccc32)n1. The summed E-state index contributed by atoms with van der Waals surface area (Å²) in [5.41, 5.74) is 1.30. The molecule has 4 rings (SSSR count). The molecule has 0 bridgehead atoms. The average molecular weight is 363 g/mol. The molecular weight excluding hydrogens is 346 g/mol. The summed E-state index contributed by atoms with van der Waals surface area (Å²) in [6.45, 7) is 3.32. The molecule has 0 amide bonds. The molecule has 2 aromatic carbocycles. The number of ether oxygens (including phenoxy) is 1. The van der Waals surface area contributed by atoms with Crippen molar-refractivity contribution in [1.82, 2.24) is 14.7 Å². The molecule has 1 unspecified atom stereocenters.